The maximum absolute atomic E-state index is 12.9. The van der Waals surface area contributed by atoms with Gasteiger partial charge in [0.05, 0.1) is 17.0 Å². The fourth-order valence-electron chi connectivity index (χ4n) is 2.83. The highest BCUT2D eigenvalue weighted by Crippen LogP contribution is 2.38. The van der Waals surface area contributed by atoms with Gasteiger partial charge in [-0.25, -0.2) is 0 Å². The van der Waals surface area contributed by atoms with Crippen molar-refractivity contribution in [2.75, 3.05) is 0 Å². The largest absolute Gasteiger partial charge is 0.416 e. The molecule has 0 unspecified atom stereocenters. The fourth-order valence-corrected chi connectivity index (χ4v) is 3.79. The van der Waals surface area contributed by atoms with E-state index in [2.05, 4.69) is 9.98 Å². The Bertz CT molecular complexity index is 982. The first-order chi connectivity index (χ1) is 12.5. The van der Waals surface area contributed by atoms with E-state index in [0.29, 0.717) is 12.1 Å². The van der Waals surface area contributed by atoms with Crippen molar-refractivity contribution in [1.82, 2.24) is 4.98 Å². The van der Waals surface area contributed by atoms with Crippen LogP contribution in [0.4, 0.5) is 18.9 Å². The molecule has 2 aromatic carbocycles. The summed E-state index contributed by atoms with van der Waals surface area (Å²) >= 11 is 1.56. The second kappa shape index (κ2) is 6.61. The lowest BCUT2D eigenvalue weighted by Crippen LogP contribution is -2.04. The van der Waals surface area contributed by atoms with E-state index in [0.717, 1.165) is 38.8 Å². The SMILES string of the molecule is FC(F)(F)c1ccc2c(c1)N=C(c1ccncc1Sc1ccccc1)C2. The fraction of sp³-hybridized carbons (Fsp3) is 0.100. The maximum Gasteiger partial charge on any atom is 0.416 e. The number of hydrogen-bond acceptors (Lipinski definition) is 3. The molecule has 6 heteroatoms. The Labute approximate surface area is 152 Å². The van der Waals surface area contributed by atoms with Crippen molar-refractivity contribution in [2.24, 2.45) is 4.99 Å². The van der Waals surface area contributed by atoms with Gasteiger partial charge in [-0.1, -0.05) is 36.0 Å². The molecule has 0 atom stereocenters. The van der Waals surface area contributed by atoms with Crippen LogP contribution >= 0.6 is 11.8 Å². The summed E-state index contributed by atoms with van der Waals surface area (Å²) in [6.45, 7) is 0. The minimum Gasteiger partial charge on any atom is -0.264 e. The predicted octanol–water partition coefficient (Wildman–Crippen LogP) is 5.93. The van der Waals surface area contributed by atoms with Crippen LogP contribution in [0, 0.1) is 0 Å². The molecule has 2 nitrogen and oxygen atoms in total. The summed E-state index contributed by atoms with van der Waals surface area (Å²) in [4.78, 5) is 10.7. The molecule has 0 bridgehead atoms. The van der Waals surface area contributed by atoms with Crippen molar-refractivity contribution in [3.8, 4) is 0 Å². The van der Waals surface area contributed by atoms with E-state index < -0.39 is 11.7 Å². The maximum atomic E-state index is 12.9. The van der Waals surface area contributed by atoms with Gasteiger partial charge in [-0.15, -0.1) is 0 Å². The van der Waals surface area contributed by atoms with Gasteiger partial charge in [0.2, 0.25) is 0 Å². The van der Waals surface area contributed by atoms with Gasteiger partial charge in [0.25, 0.3) is 0 Å². The molecule has 2 heterocycles. The number of fused-ring (bicyclic) bond motifs is 1. The second-order valence-corrected chi connectivity index (χ2v) is 6.98. The van der Waals surface area contributed by atoms with Gasteiger partial charge < -0.3 is 0 Å². The lowest BCUT2D eigenvalue weighted by Gasteiger charge is -2.08. The van der Waals surface area contributed by atoms with Crippen LogP contribution in [-0.4, -0.2) is 10.7 Å². The van der Waals surface area contributed by atoms with Gasteiger partial charge in [0.15, 0.2) is 0 Å². The monoisotopic (exact) mass is 370 g/mol. The third-order valence-electron chi connectivity index (χ3n) is 4.09. The molecule has 0 N–H and O–H groups in total. The number of rotatable bonds is 3. The zero-order valence-corrected chi connectivity index (χ0v) is 14.3. The average Bonchev–Trinajstić information content (AvgIpc) is 3.05. The summed E-state index contributed by atoms with van der Waals surface area (Å²) in [5.74, 6) is 0. The van der Waals surface area contributed by atoms with Gasteiger partial charge in [0, 0.05) is 34.2 Å². The number of aromatic nitrogens is 1. The zero-order chi connectivity index (χ0) is 18.1. The van der Waals surface area contributed by atoms with E-state index in [-0.39, 0.29) is 0 Å². The van der Waals surface area contributed by atoms with Crippen molar-refractivity contribution in [2.45, 2.75) is 22.4 Å². The normalized spacial score (nSPS) is 13.4. The first kappa shape index (κ1) is 16.8. The first-order valence-corrected chi connectivity index (χ1v) is 8.77. The number of alkyl halides is 3. The molecule has 0 saturated heterocycles. The average molecular weight is 370 g/mol. The van der Waals surface area contributed by atoms with Gasteiger partial charge in [-0.2, -0.15) is 13.2 Å². The quantitative estimate of drug-likeness (QED) is 0.571. The molecule has 0 amide bonds. The van der Waals surface area contributed by atoms with Gasteiger partial charge >= 0.3 is 6.18 Å². The second-order valence-electron chi connectivity index (χ2n) is 5.86. The van der Waals surface area contributed by atoms with Crippen molar-refractivity contribution in [3.63, 3.8) is 0 Å². The Kier molecular flexibility index (Phi) is 4.28. The Morgan fingerprint density at radius 1 is 0.962 bits per heavy atom. The van der Waals surface area contributed by atoms with Crippen molar-refractivity contribution < 1.29 is 13.2 Å². The molecule has 0 radical (unpaired) electrons. The van der Waals surface area contributed by atoms with Crippen LogP contribution in [0.15, 0.2) is 81.8 Å². The van der Waals surface area contributed by atoms with Crippen molar-refractivity contribution in [3.05, 3.63) is 83.7 Å². The van der Waals surface area contributed by atoms with Gasteiger partial charge in [-0.3, -0.25) is 9.98 Å². The van der Waals surface area contributed by atoms with Crippen LogP contribution in [0.3, 0.4) is 0 Å². The smallest absolute Gasteiger partial charge is 0.264 e. The summed E-state index contributed by atoms with van der Waals surface area (Å²) in [6.07, 6.45) is -0.408. The Hall–Kier alpha value is -2.60. The number of benzene rings is 2. The molecule has 1 aliphatic rings. The molecule has 4 rings (SSSR count). The summed E-state index contributed by atoms with van der Waals surface area (Å²) in [5, 5.41) is 0. The number of hydrogen-bond donors (Lipinski definition) is 0. The van der Waals surface area contributed by atoms with Gasteiger partial charge in [-0.05, 0) is 35.9 Å². The third kappa shape index (κ3) is 3.37. The molecule has 0 saturated carbocycles. The molecule has 26 heavy (non-hydrogen) atoms. The minimum atomic E-state index is -4.36. The van der Waals surface area contributed by atoms with E-state index in [1.165, 1.54) is 6.07 Å². The summed E-state index contributed by atoms with van der Waals surface area (Å²) in [5.41, 5.74) is 2.19. The molecule has 0 aliphatic carbocycles. The first-order valence-electron chi connectivity index (χ1n) is 7.96. The van der Waals surface area contributed by atoms with Crippen LogP contribution in [0.2, 0.25) is 0 Å². The van der Waals surface area contributed by atoms with Crippen molar-refractivity contribution >= 4 is 23.2 Å². The van der Waals surface area contributed by atoms with Crippen LogP contribution in [-0.2, 0) is 12.6 Å². The molecule has 1 aromatic heterocycles. The number of pyridine rings is 1. The molecule has 0 fully saturated rings. The van der Waals surface area contributed by atoms with E-state index in [4.69, 9.17) is 0 Å². The molecular weight excluding hydrogens is 357 g/mol. The summed E-state index contributed by atoms with van der Waals surface area (Å²) in [7, 11) is 0. The van der Waals surface area contributed by atoms with Crippen LogP contribution in [0.25, 0.3) is 0 Å². The summed E-state index contributed by atoms with van der Waals surface area (Å²) < 4.78 is 38.8. The molecule has 3 aromatic rings. The topological polar surface area (TPSA) is 25.2 Å². The Morgan fingerprint density at radius 3 is 2.54 bits per heavy atom. The van der Waals surface area contributed by atoms with E-state index in [9.17, 15) is 13.2 Å². The minimum absolute atomic E-state index is 0.391. The molecular formula is C20H13F3N2S. The highest BCUT2D eigenvalue weighted by molar-refractivity contribution is 7.99. The van der Waals surface area contributed by atoms with E-state index in [1.807, 2.05) is 36.4 Å². The van der Waals surface area contributed by atoms with Crippen LogP contribution < -0.4 is 0 Å². The predicted molar refractivity (Wildman–Crippen MR) is 96.1 cm³/mol. The molecule has 0 spiro atoms. The Morgan fingerprint density at radius 2 is 1.77 bits per heavy atom. The molecule has 130 valence electrons. The van der Waals surface area contributed by atoms with Crippen LogP contribution in [0.5, 0.6) is 0 Å². The molecule has 1 aliphatic heterocycles. The van der Waals surface area contributed by atoms with E-state index >= 15 is 0 Å². The van der Waals surface area contributed by atoms with E-state index in [1.54, 1.807) is 24.2 Å². The number of aliphatic imine (C=N–C) groups is 1. The van der Waals surface area contributed by atoms with Crippen molar-refractivity contribution in [1.29, 1.82) is 0 Å². The lowest BCUT2D eigenvalue weighted by molar-refractivity contribution is -0.137. The third-order valence-corrected chi connectivity index (χ3v) is 5.15. The van der Waals surface area contributed by atoms with Crippen LogP contribution in [0.1, 0.15) is 16.7 Å². The number of halogens is 3. The zero-order valence-electron chi connectivity index (χ0n) is 13.5. The lowest BCUT2D eigenvalue weighted by atomic mass is 10.0. The standard InChI is InChI=1S/C20H13F3N2S/c21-20(22,23)14-7-6-13-10-18(25-17(13)11-14)16-8-9-24-12-19(16)26-15-4-2-1-3-5-15/h1-9,11-12H,10H2. The highest BCUT2D eigenvalue weighted by Gasteiger charge is 2.32. The Balaban J connectivity index is 1.68. The van der Waals surface area contributed by atoms with Gasteiger partial charge in [0.1, 0.15) is 0 Å². The highest BCUT2D eigenvalue weighted by atomic mass is 32.2. The summed E-state index contributed by atoms with van der Waals surface area (Å²) in [6, 6.07) is 15.5. The number of nitrogens with zero attached hydrogens (tertiary/aromatic N) is 2.